The molecule has 4 nitrogen and oxygen atoms in total. The first-order chi connectivity index (χ1) is 11.2. The Labute approximate surface area is 142 Å². The van der Waals surface area contributed by atoms with Crippen LogP contribution in [0.1, 0.15) is 17.3 Å². The van der Waals surface area contributed by atoms with Gasteiger partial charge in [-0.15, -0.1) is 11.8 Å². The molecular formula is C17H16N2O2S2. The average molecular weight is 344 g/mol. The third kappa shape index (κ3) is 3.48. The van der Waals surface area contributed by atoms with Gasteiger partial charge in [0.1, 0.15) is 5.75 Å². The van der Waals surface area contributed by atoms with Crippen molar-refractivity contribution in [3.8, 4) is 5.75 Å². The molecule has 1 N–H and O–H groups in total. The van der Waals surface area contributed by atoms with Crippen molar-refractivity contribution in [3.05, 3.63) is 48.0 Å². The van der Waals surface area contributed by atoms with E-state index >= 15 is 0 Å². The number of thiazole rings is 1. The lowest BCUT2D eigenvalue weighted by Crippen LogP contribution is -2.12. The Balaban J connectivity index is 1.85. The molecule has 1 aromatic heterocycles. The predicted molar refractivity (Wildman–Crippen MR) is 97.0 cm³/mol. The summed E-state index contributed by atoms with van der Waals surface area (Å²) in [5, 5.41) is 3.49. The van der Waals surface area contributed by atoms with Crippen molar-refractivity contribution < 1.29 is 9.53 Å². The van der Waals surface area contributed by atoms with Gasteiger partial charge < -0.3 is 4.74 Å². The Morgan fingerprint density at radius 1 is 1.30 bits per heavy atom. The van der Waals surface area contributed by atoms with Gasteiger partial charge in [0, 0.05) is 4.90 Å². The summed E-state index contributed by atoms with van der Waals surface area (Å²) in [6.45, 7) is 2.07. The second-order valence-electron chi connectivity index (χ2n) is 4.74. The molecule has 0 aliphatic heterocycles. The monoisotopic (exact) mass is 344 g/mol. The van der Waals surface area contributed by atoms with E-state index in [1.165, 1.54) is 11.3 Å². The zero-order chi connectivity index (χ0) is 16.2. The molecule has 0 aliphatic carbocycles. The maximum Gasteiger partial charge on any atom is 0.258 e. The van der Waals surface area contributed by atoms with Crippen molar-refractivity contribution in [1.82, 2.24) is 4.98 Å². The van der Waals surface area contributed by atoms with Crippen LogP contribution in [0.2, 0.25) is 0 Å². The van der Waals surface area contributed by atoms with Crippen molar-refractivity contribution in [2.24, 2.45) is 0 Å². The highest BCUT2D eigenvalue weighted by Gasteiger charge is 2.13. The van der Waals surface area contributed by atoms with Crippen LogP contribution in [0.3, 0.4) is 0 Å². The topological polar surface area (TPSA) is 51.2 Å². The Morgan fingerprint density at radius 3 is 2.91 bits per heavy atom. The summed E-state index contributed by atoms with van der Waals surface area (Å²) in [5.74, 6) is 1.57. The molecule has 0 saturated heterocycles. The molecule has 1 heterocycles. The third-order valence-electron chi connectivity index (χ3n) is 3.25. The number of hydrogen-bond acceptors (Lipinski definition) is 5. The maximum absolute atomic E-state index is 12.5. The number of carbonyl (C=O) groups excluding carboxylic acids is 1. The van der Waals surface area contributed by atoms with Gasteiger partial charge in [-0.25, -0.2) is 4.98 Å². The molecule has 118 valence electrons. The summed E-state index contributed by atoms with van der Waals surface area (Å²) in [6.07, 6.45) is 0. The van der Waals surface area contributed by atoms with Gasteiger partial charge >= 0.3 is 0 Å². The number of carbonyl (C=O) groups is 1. The predicted octanol–water partition coefficient (Wildman–Crippen LogP) is 4.67. The van der Waals surface area contributed by atoms with Crippen LogP contribution >= 0.6 is 23.1 Å². The van der Waals surface area contributed by atoms with Gasteiger partial charge in [-0.2, -0.15) is 0 Å². The molecule has 0 aliphatic rings. The van der Waals surface area contributed by atoms with Gasteiger partial charge in [0.2, 0.25) is 0 Å². The maximum atomic E-state index is 12.5. The lowest BCUT2D eigenvalue weighted by atomic mass is 10.2. The van der Waals surface area contributed by atoms with Crippen LogP contribution in [0.25, 0.3) is 10.2 Å². The van der Waals surface area contributed by atoms with Crippen LogP contribution < -0.4 is 10.1 Å². The van der Waals surface area contributed by atoms with E-state index in [0.717, 1.165) is 26.6 Å². The number of methoxy groups -OCH3 is 1. The smallest absolute Gasteiger partial charge is 0.258 e. The number of aromatic nitrogens is 1. The quantitative estimate of drug-likeness (QED) is 0.683. The average Bonchev–Trinajstić information content (AvgIpc) is 2.96. The van der Waals surface area contributed by atoms with Crippen molar-refractivity contribution in [2.45, 2.75) is 11.8 Å². The number of hydrogen-bond donors (Lipinski definition) is 1. The van der Waals surface area contributed by atoms with E-state index in [0.29, 0.717) is 10.7 Å². The SMILES string of the molecule is CCSc1ccccc1C(=O)Nc1nc2ccc(OC)cc2s1. The fourth-order valence-electron chi connectivity index (χ4n) is 2.19. The molecule has 3 rings (SSSR count). The van der Waals surface area contributed by atoms with Gasteiger partial charge in [0.05, 0.1) is 22.9 Å². The minimum Gasteiger partial charge on any atom is -0.497 e. The molecule has 23 heavy (non-hydrogen) atoms. The normalized spacial score (nSPS) is 10.7. The van der Waals surface area contributed by atoms with Gasteiger partial charge in [-0.1, -0.05) is 30.4 Å². The van der Waals surface area contributed by atoms with E-state index in [9.17, 15) is 4.79 Å². The first-order valence-electron chi connectivity index (χ1n) is 7.19. The molecule has 3 aromatic rings. The molecule has 0 spiro atoms. The lowest BCUT2D eigenvalue weighted by Gasteiger charge is -2.07. The summed E-state index contributed by atoms with van der Waals surface area (Å²) >= 11 is 3.10. The van der Waals surface area contributed by atoms with Gasteiger partial charge in [0.15, 0.2) is 5.13 Å². The van der Waals surface area contributed by atoms with E-state index in [-0.39, 0.29) is 5.91 Å². The first kappa shape index (κ1) is 15.8. The van der Waals surface area contributed by atoms with E-state index in [2.05, 4.69) is 17.2 Å². The summed E-state index contributed by atoms with van der Waals surface area (Å²) < 4.78 is 6.20. The summed E-state index contributed by atoms with van der Waals surface area (Å²) in [4.78, 5) is 18.0. The molecule has 0 saturated carbocycles. The van der Waals surface area contributed by atoms with E-state index in [4.69, 9.17) is 4.74 Å². The molecule has 0 radical (unpaired) electrons. The zero-order valence-corrected chi connectivity index (χ0v) is 14.5. The summed E-state index contributed by atoms with van der Waals surface area (Å²) in [5.41, 5.74) is 1.53. The van der Waals surface area contributed by atoms with Crippen LogP contribution in [0.5, 0.6) is 5.75 Å². The van der Waals surface area contributed by atoms with Crippen LogP contribution in [-0.2, 0) is 0 Å². The van der Waals surface area contributed by atoms with Crippen LogP contribution in [-0.4, -0.2) is 23.8 Å². The summed E-state index contributed by atoms with van der Waals surface area (Å²) in [6, 6.07) is 13.3. The second-order valence-corrected chi connectivity index (χ2v) is 7.07. The van der Waals surface area contributed by atoms with E-state index < -0.39 is 0 Å². The standard InChI is InChI=1S/C17H16N2O2S2/c1-3-22-14-7-5-4-6-12(14)16(20)19-17-18-13-9-8-11(21-2)10-15(13)23-17/h4-10H,3H2,1-2H3,(H,18,19,20). The fraction of sp³-hybridized carbons (Fsp3) is 0.176. The van der Waals surface area contributed by atoms with E-state index in [1.54, 1.807) is 18.9 Å². The number of amides is 1. The van der Waals surface area contributed by atoms with Crippen LogP contribution in [0.15, 0.2) is 47.4 Å². The first-order valence-corrected chi connectivity index (χ1v) is 8.99. The number of ether oxygens (including phenoxy) is 1. The molecule has 2 aromatic carbocycles. The molecule has 0 unspecified atom stereocenters. The number of benzene rings is 2. The van der Waals surface area contributed by atoms with Crippen molar-refractivity contribution in [1.29, 1.82) is 0 Å². The lowest BCUT2D eigenvalue weighted by molar-refractivity contribution is 0.102. The molecule has 0 atom stereocenters. The molecule has 0 fully saturated rings. The summed E-state index contributed by atoms with van der Waals surface area (Å²) in [7, 11) is 1.63. The number of nitrogens with zero attached hydrogens (tertiary/aromatic N) is 1. The van der Waals surface area contributed by atoms with Crippen molar-refractivity contribution in [2.75, 3.05) is 18.2 Å². The Hall–Kier alpha value is -2.05. The van der Waals surface area contributed by atoms with E-state index in [1.807, 2.05) is 42.5 Å². The Morgan fingerprint density at radius 2 is 2.13 bits per heavy atom. The van der Waals surface area contributed by atoms with Crippen LogP contribution in [0, 0.1) is 0 Å². The highest BCUT2D eigenvalue weighted by Crippen LogP contribution is 2.30. The minimum atomic E-state index is -0.132. The number of thioether (sulfide) groups is 1. The molecule has 6 heteroatoms. The zero-order valence-electron chi connectivity index (χ0n) is 12.8. The van der Waals surface area contributed by atoms with Gasteiger partial charge in [-0.05, 0) is 36.1 Å². The third-order valence-corrected chi connectivity index (χ3v) is 5.14. The second kappa shape index (κ2) is 7.02. The molecule has 1 amide bonds. The molecular weight excluding hydrogens is 328 g/mol. The largest absolute Gasteiger partial charge is 0.497 e. The highest BCUT2D eigenvalue weighted by atomic mass is 32.2. The van der Waals surface area contributed by atoms with Crippen molar-refractivity contribution >= 4 is 44.4 Å². The Kier molecular flexibility index (Phi) is 4.83. The highest BCUT2D eigenvalue weighted by molar-refractivity contribution is 7.99. The number of anilines is 1. The van der Waals surface area contributed by atoms with Crippen LogP contribution in [0.4, 0.5) is 5.13 Å². The number of fused-ring (bicyclic) bond motifs is 1. The van der Waals surface area contributed by atoms with Gasteiger partial charge in [-0.3, -0.25) is 10.1 Å². The molecule has 0 bridgehead atoms. The number of rotatable bonds is 5. The van der Waals surface area contributed by atoms with Crippen molar-refractivity contribution in [3.63, 3.8) is 0 Å². The Bertz CT molecular complexity index is 845. The fourth-order valence-corrected chi connectivity index (χ4v) is 3.88. The number of nitrogens with one attached hydrogen (secondary N) is 1. The minimum absolute atomic E-state index is 0.132. The van der Waals surface area contributed by atoms with Gasteiger partial charge in [0.25, 0.3) is 5.91 Å².